The first-order valence-corrected chi connectivity index (χ1v) is 15.3. The van der Waals surface area contributed by atoms with Gasteiger partial charge in [-0.25, -0.2) is 18.4 Å². The van der Waals surface area contributed by atoms with Gasteiger partial charge < -0.3 is 15.5 Å². The molecular formula is C26H26F3N5O3S2. The molecule has 3 aromatic rings. The molecule has 1 aromatic carbocycles. The minimum Gasteiger partial charge on any atom is -0.334 e. The van der Waals surface area contributed by atoms with E-state index in [4.69, 9.17) is 0 Å². The minimum absolute atomic E-state index is 0.0232. The van der Waals surface area contributed by atoms with Crippen molar-refractivity contribution in [2.75, 3.05) is 24.2 Å². The first-order valence-electron chi connectivity index (χ1n) is 12.8. The zero-order chi connectivity index (χ0) is 27.5. The molecule has 0 atom stereocenters. The highest BCUT2D eigenvalue weighted by Crippen LogP contribution is 2.43. The van der Waals surface area contributed by atoms with Gasteiger partial charge in [0, 0.05) is 31.0 Å². The molecule has 1 fully saturated rings. The number of halogens is 3. The lowest BCUT2D eigenvalue weighted by molar-refractivity contribution is -0.137. The van der Waals surface area contributed by atoms with Gasteiger partial charge >= 0.3 is 6.18 Å². The van der Waals surface area contributed by atoms with Crippen molar-refractivity contribution in [3.8, 4) is 10.6 Å². The summed E-state index contributed by atoms with van der Waals surface area (Å²) < 4.78 is 68.2. The number of thiophene rings is 1. The number of carbonyl (C=O) groups excluding carboxylic acids is 1. The minimum atomic E-state index is -4.79. The molecule has 1 aliphatic carbocycles. The average molecular weight is 578 g/mol. The van der Waals surface area contributed by atoms with Crippen LogP contribution in [0.5, 0.6) is 0 Å². The van der Waals surface area contributed by atoms with E-state index >= 15 is 0 Å². The monoisotopic (exact) mass is 577 g/mol. The van der Waals surface area contributed by atoms with Crippen molar-refractivity contribution >= 4 is 38.7 Å². The topological polar surface area (TPSA) is 104 Å². The summed E-state index contributed by atoms with van der Waals surface area (Å²) in [7, 11) is -3.86. The quantitative estimate of drug-likeness (QED) is 0.458. The second kappa shape index (κ2) is 9.56. The number of amides is 1. The van der Waals surface area contributed by atoms with Crippen LogP contribution < -0.4 is 10.6 Å². The zero-order valence-electron chi connectivity index (χ0n) is 21.1. The van der Waals surface area contributed by atoms with Crippen LogP contribution in [0.2, 0.25) is 0 Å². The number of fused-ring (bicyclic) bond motifs is 2. The van der Waals surface area contributed by atoms with Crippen LogP contribution in [0.25, 0.3) is 10.6 Å². The van der Waals surface area contributed by atoms with E-state index in [1.807, 2.05) is 13.0 Å². The van der Waals surface area contributed by atoms with E-state index < -0.39 is 33.2 Å². The molecule has 0 radical (unpaired) electrons. The molecule has 4 heterocycles. The van der Waals surface area contributed by atoms with E-state index in [0.29, 0.717) is 18.3 Å². The molecule has 0 saturated heterocycles. The summed E-state index contributed by atoms with van der Waals surface area (Å²) in [5.74, 6) is -0.768. The number of aryl methyl sites for hydroxylation is 1. The molecule has 0 spiro atoms. The molecule has 206 valence electrons. The maximum Gasteiger partial charge on any atom is 0.420 e. The van der Waals surface area contributed by atoms with Crippen LogP contribution in [0.15, 0.2) is 29.3 Å². The van der Waals surface area contributed by atoms with Crippen molar-refractivity contribution in [2.24, 2.45) is 0 Å². The fourth-order valence-corrected chi connectivity index (χ4v) is 8.03. The Morgan fingerprint density at radius 3 is 2.72 bits per heavy atom. The Balaban J connectivity index is 1.44. The van der Waals surface area contributed by atoms with Crippen LogP contribution in [0.4, 0.5) is 24.8 Å². The number of nitrogens with zero attached hydrogens (tertiary/aromatic N) is 3. The molecule has 13 heteroatoms. The summed E-state index contributed by atoms with van der Waals surface area (Å²) in [6, 6.07) is 5.20. The lowest BCUT2D eigenvalue weighted by Crippen LogP contribution is -2.34. The predicted octanol–water partition coefficient (Wildman–Crippen LogP) is 4.57. The number of aromatic nitrogens is 2. The standard InChI is InChI=1S/C26H26F3N5O3S2/c1-2-14-9-16-12-30-6-5-15(16)10-19(14)32-25-31-13-18(26(27,28)29)22(33-25)20-11-21-23(38-20)24(35)34(17-3-4-17)7-8-39(21,36)37/h9-11,13,17,30H,2-8,12H2,1H3,(H,31,32,33). The highest BCUT2D eigenvalue weighted by molar-refractivity contribution is 7.91. The second-order valence-electron chi connectivity index (χ2n) is 9.99. The highest BCUT2D eigenvalue weighted by atomic mass is 32.2. The molecule has 8 nitrogen and oxygen atoms in total. The van der Waals surface area contributed by atoms with Crippen LogP contribution in [-0.4, -0.2) is 54.1 Å². The van der Waals surface area contributed by atoms with E-state index in [0.717, 1.165) is 60.9 Å². The van der Waals surface area contributed by atoms with Crippen molar-refractivity contribution in [3.63, 3.8) is 0 Å². The Morgan fingerprint density at radius 2 is 2.00 bits per heavy atom. The van der Waals surface area contributed by atoms with Gasteiger partial charge in [0.15, 0.2) is 9.84 Å². The maximum absolute atomic E-state index is 14.1. The van der Waals surface area contributed by atoms with Gasteiger partial charge in [0.1, 0.15) is 10.4 Å². The maximum atomic E-state index is 14.1. The Kier molecular flexibility index (Phi) is 6.42. The van der Waals surface area contributed by atoms with E-state index in [-0.39, 0.29) is 38.9 Å². The smallest absolute Gasteiger partial charge is 0.334 e. The average Bonchev–Trinajstić information content (AvgIpc) is 3.64. The van der Waals surface area contributed by atoms with Crippen molar-refractivity contribution < 1.29 is 26.4 Å². The first-order chi connectivity index (χ1) is 18.5. The molecule has 39 heavy (non-hydrogen) atoms. The molecule has 1 saturated carbocycles. The Hall–Kier alpha value is -3.03. The van der Waals surface area contributed by atoms with Crippen molar-refractivity contribution in [3.05, 3.63) is 51.5 Å². The van der Waals surface area contributed by atoms with Gasteiger partial charge in [-0.05, 0) is 61.1 Å². The molecule has 6 rings (SSSR count). The predicted molar refractivity (Wildman–Crippen MR) is 141 cm³/mol. The molecule has 1 amide bonds. The fourth-order valence-electron chi connectivity index (χ4n) is 5.12. The van der Waals surface area contributed by atoms with Crippen LogP contribution in [0.3, 0.4) is 0 Å². The van der Waals surface area contributed by atoms with Crippen molar-refractivity contribution in [1.29, 1.82) is 0 Å². The van der Waals surface area contributed by atoms with Crippen LogP contribution in [0.1, 0.15) is 51.7 Å². The summed E-state index contributed by atoms with van der Waals surface area (Å²) in [6.07, 6.45) is -0.983. The van der Waals surface area contributed by atoms with Gasteiger partial charge in [0.05, 0.1) is 21.2 Å². The molecule has 2 aliphatic heterocycles. The number of hydrogen-bond acceptors (Lipinski definition) is 8. The summed E-state index contributed by atoms with van der Waals surface area (Å²) in [6.45, 7) is 3.66. The molecule has 2 N–H and O–H groups in total. The van der Waals surface area contributed by atoms with E-state index in [9.17, 15) is 26.4 Å². The second-order valence-corrected chi connectivity index (χ2v) is 13.1. The van der Waals surface area contributed by atoms with Gasteiger partial charge in [-0.1, -0.05) is 13.0 Å². The third kappa shape index (κ3) is 4.91. The van der Waals surface area contributed by atoms with Gasteiger partial charge in [-0.15, -0.1) is 11.3 Å². The Morgan fingerprint density at radius 1 is 1.21 bits per heavy atom. The number of benzene rings is 1. The van der Waals surface area contributed by atoms with E-state index in [1.54, 1.807) is 0 Å². The number of alkyl halides is 3. The van der Waals surface area contributed by atoms with Gasteiger partial charge in [-0.3, -0.25) is 4.79 Å². The fraction of sp³-hybridized carbons (Fsp3) is 0.423. The molecule has 3 aliphatic rings. The molecule has 2 aromatic heterocycles. The highest BCUT2D eigenvalue weighted by Gasteiger charge is 2.41. The van der Waals surface area contributed by atoms with Crippen molar-refractivity contribution in [1.82, 2.24) is 20.2 Å². The molecule has 0 unspecified atom stereocenters. The Bertz CT molecular complexity index is 1580. The third-order valence-electron chi connectivity index (χ3n) is 7.34. The number of hydrogen-bond donors (Lipinski definition) is 2. The first kappa shape index (κ1) is 26.2. The van der Waals surface area contributed by atoms with E-state index in [1.165, 1.54) is 10.5 Å². The zero-order valence-corrected chi connectivity index (χ0v) is 22.7. The summed E-state index contributed by atoms with van der Waals surface area (Å²) in [5, 5.41) is 6.42. The summed E-state index contributed by atoms with van der Waals surface area (Å²) >= 11 is 0.737. The summed E-state index contributed by atoms with van der Waals surface area (Å²) in [5.41, 5.74) is 2.46. The lowest BCUT2D eigenvalue weighted by atomic mass is 9.96. The summed E-state index contributed by atoms with van der Waals surface area (Å²) in [4.78, 5) is 22.6. The largest absolute Gasteiger partial charge is 0.420 e. The number of sulfone groups is 1. The molecule has 0 bridgehead atoms. The Labute approximate surface area is 227 Å². The number of anilines is 2. The van der Waals surface area contributed by atoms with Crippen molar-refractivity contribution in [2.45, 2.75) is 56.3 Å². The SMILES string of the molecule is CCc1cc2c(cc1Nc1ncc(C(F)(F)F)c(-c3cc4c(s3)C(=O)N(C3CC3)CCS4(=O)=O)n1)CCNC2. The number of nitrogens with one attached hydrogen (secondary N) is 2. The van der Waals surface area contributed by atoms with Crippen LogP contribution in [0, 0.1) is 0 Å². The van der Waals surface area contributed by atoms with Gasteiger partial charge in [0.2, 0.25) is 5.95 Å². The number of carbonyl (C=O) groups is 1. The lowest BCUT2D eigenvalue weighted by Gasteiger charge is -2.21. The van der Waals surface area contributed by atoms with Gasteiger partial charge in [0.25, 0.3) is 5.91 Å². The van der Waals surface area contributed by atoms with Crippen LogP contribution >= 0.6 is 11.3 Å². The van der Waals surface area contributed by atoms with Gasteiger partial charge in [-0.2, -0.15) is 13.2 Å². The molecular weight excluding hydrogens is 551 g/mol. The number of rotatable bonds is 5. The van der Waals surface area contributed by atoms with Crippen LogP contribution in [-0.2, 0) is 35.4 Å². The van der Waals surface area contributed by atoms with E-state index in [2.05, 4.69) is 26.7 Å². The third-order valence-corrected chi connectivity index (χ3v) is 10.3. The normalized spacial score (nSPS) is 18.9.